The van der Waals surface area contributed by atoms with Gasteiger partial charge in [-0.15, -0.1) is 0 Å². The van der Waals surface area contributed by atoms with Gasteiger partial charge in [0.05, 0.1) is 12.1 Å². The van der Waals surface area contributed by atoms with Crippen molar-refractivity contribution in [1.29, 1.82) is 0 Å². The Hall–Kier alpha value is -2.89. The first-order valence-corrected chi connectivity index (χ1v) is 8.15. The van der Waals surface area contributed by atoms with Gasteiger partial charge in [0.2, 0.25) is 0 Å². The highest BCUT2D eigenvalue weighted by Gasteiger charge is 2.15. The van der Waals surface area contributed by atoms with Gasteiger partial charge >= 0.3 is 5.97 Å². The Bertz CT molecular complexity index is 721. The van der Waals surface area contributed by atoms with Gasteiger partial charge < -0.3 is 9.64 Å². The summed E-state index contributed by atoms with van der Waals surface area (Å²) in [6, 6.07) is 8.93. The average molecular weight is 341 g/mol. The minimum absolute atomic E-state index is 0.228. The summed E-state index contributed by atoms with van der Waals surface area (Å²) >= 11 is 0. The van der Waals surface area contributed by atoms with Gasteiger partial charge in [-0.3, -0.25) is 9.48 Å². The van der Waals surface area contributed by atoms with E-state index in [1.54, 1.807) is 27.9 Å². The van der Waals surface area contributed by atoms with Crippen molar-refractivity contribution < 1.29 is 14.3 Å². The summed E-state index contributed by atoms with van der Waals surface area (Å²) < 4.78 is 6.92. The number of aromatic nitrogens is 2. The Kier molecular flexibility index (Phi) is 6.51. The van der Waals surface area contributed by atoms with Gasteiger partial charge in [-0.05, 0) is 37.6 Å². The van der Waals surface area contributed by atoms with Crippen LogP contribution in [-0.2, 0) is 16.1 Å². The van der Waals surface area contributed by atoms with E-state index >= 15 is 0 Å². The molecule has 0 aliphatic heterocycles. The number of rotatable bonds is 8. The number of esters is 1. The SMILES string of the molecule is C=C(C)CN(CC)C(=O)COC(=O)c1ccc(Cn2cccn2)cc1. The standard InChI is InChI=1S/C19H23N3O3/c1-4-21(12-15(2)3)18(23)14-25-19(24)17-8-6-16(7-9-17)13-22-11-5-10-20-22/h5-11H,2,4,12-14H2,1,3H3. The van der Waals surface area contributed by atoms with Crippen molar-refractivity contribution >= 4 is 11.9 Å². The van der Waals surface area contributed by atoms with Crippen LogP contribution in [0.25, 0.3) is 0 Å². The maximum atomic E-state index is 12.1. The largest absolute Gasteiger partial charge is 0.452 e. The van der Waals surface area contributed by atoms with Crippen LogP contribution in [0.4, 0.5) is 0 Å². The molecule has 2 rings (SSSR count). The summed E-state index contributed by atoms with van der Waals surface area (Å²) in [7, 11) is 0. The molecule has 25 heavy (non-hydrogen) atoms. The number of amides is 1. The van der Waals surface area contributed by atoms with Crippen LogP contribution in [0.1, 0.15) is 29.8 Å². The highest BCUT2D eigenvalue weighted by atomic mass is 16.5. The molecule has 0 fully saturated rings. The Morgan fingerprint density at radius 3 is 2.56 bits per heavy atom. The highest BCUT2D eigenvalue weighted by molar-refractivity contribution is 5.91. The zero-order valence-corrected chi connectivity index (χ0v) is 14.6. The number of carbonyl (C=O) groups excluding carboxylic acids is 2. The fourth-order valence-electron chi connectivity index (χ4n) is 2.33. The topological polar surface area (TPSA) is 64.4 Å². The van der Waals surface area contributed by atoms with Crippen molar-refractivity contribution in [3.63, 3.8) is 0 Å². The third-order valence-electron chi connectivity index (χ3n) is 3.62. The summed E-state index contributed by atoms with van der Waals surface area (Å²) in [6.45, 7) is 8.90. The van der Waals surface area contributed by atoms with Gasteiger partial charge in [0, 0.05) is 25.5 Å². The van der Waals surface area contributed by atoms with Crippen LogP contribution in [0, 0.1) is 0 Å². The van der Waals surface area contributed by atoms with Gasteiger partial charge in [0.1, 0.15) is 0 Å². The molecular formula is C19H23N3O3. The van der Waals surface area contributed by atoms with Crippen molar-refractivity contribution in [2.24, 2.45) is 0 Å². The molecule has 0 saturated carbocycles. The molecular weight excluding hydrogens is 318 g/mol. The van der Waals surface area contributed by atoms with Crippen LogP contribution in [0.2, 0.25) is 0 Å². The molecule has 6 nitrogen and oxygen atoms in total. The fraction of sp³-hybridized carbons (Fsp3) is 0.316. The Labute approximate surface area is 147 Å². The molecule has 0 saturated heterocycles. The number of hydrogen-bond donors (Lipinski definition) is 0. The molecule has 1 amide bonds. The van der Waals surface area contributed by atoms with Crippen LogP contribution in [0.5, 0.6) is 0 Å². The summed E-state index contributed by atoms with van der Waals surface area (Å²) in [5, 5.41) is 4.14. The zero-order chi connectivity index (χ0) is 18.2. The molecule has 2 aromatic rings. The number of likely N-dealkylation sites (N-methyl/N-ethyl adjacent to an activating group) is 1. The first-order chi connectivity index (χ1) is 12.0. The van der Waals surface area contributed by atoms with Crippen LogP contribution in [0.15, 0.2) is 54.9 Å². The molecule has 132 valence electrons. The maximum absolute atomic E-state index is 12.1. The maximum Gasteiger partial charge on any atom is 0.338 e. The van der Waals surface area contributed by atoms with Crippen molar-refractivity contribution in [3.05, 3.63) is 66.0 Å². The monoisotopic (exact) mass is 341 g/mol. The van der Waals surface area contributed by atoms with E-state index in [4.69, 9.17) is 4.74 Å². The zero-order valence-electron chi connectivity index (χ0n) is 14.6. The third-order valence-corrected chi connectivity index (χ3v) is 3.62. The van der Waals surface area contributed by atoms with E-state index in [1.807, 2.05) is 38.2 Å². The summed E-state index contributed by atoms with van der Waals surface area (Å²) in [6.07, 6.45) is 3.59. The third kappa shape index (κ3) is 5.60. The predicted octanol–water partition coefficient (Wildman–Crippen LogP) is 2.51. The lowest BCUT2D eigenvalue weighted by Gasteiger charge is -2.20. The minimum atomic E-state index is -0.509. The Morgan fingerprint density at radius 2 is 2.00 bits per heavy atom. The predicted molar refractivity (Wildman–Crippen MR) is 95.1 cm³/mol. The first-order valence-electron chi connectivity index (χ1n) is 8.15. The van der Waals surface area contributed by atoms with Crippen LogP contribution < -0.4 is 0 Å². The molecule has 0 unspecified atom stereocenters. The van der Waals surface area contributed by atoms with Gasteiger partial charge in [-0.25, -0.2) is 4.79 Å². The van der Waals surface area contributed by atoms with E-state index < -0.39 is 5.97 Å². The number of ether oxygens (including phenoxy) is 1. The number of carbonyl (C=O) groups is 2. The molecule has 0 aliphatic rings. The normalized spacial score (nSPS) is 10.3. The number of hydrogen-bond acceptors (Lipinski definition) is 4. The fourth-order valence-corrected chi connectivity index (χ4v) is 2.33. The van der Waals surface area contributed by atoms with Gasteiger partial charge in [-0.1, -0.05) is 24.3 Å². The van der Waals surface area contributed by atoms with Crippen molar-refractivity contribution in [2.45, 2.75) is 20.4 Å². The molecule has 0 atom stereocenters. The smallest absolute Gasteiger partial charge is 0.338 e. The molecule has 0 bridgehead atoms. The van der Waals surface area contributed by atoms with Crippen molar-refractivity contribution in [3.8, 4) is 0 Å². The van der Waals surface area contributed by atoms with E-state index in [2.05, 4.69) is 11.7 Å². The average Bonchev–Trinajstić information content (AvgIpc) is 3.10. The molecule has 0 spiro atoms. The lowest BCUT2D eigenvalue weighted by atomic mass is 10.1. The van der Waals surface area contributed by atoms with Gasteiger partial charge in [0.15, 0.2) is 6.61 Å². The lowest BCUT2D eigenvalue weighted by Crippen LogP contribution is -2.35. The summed E-state index contributed by atoms with van der Waals surface area (Å²) in [5.41, 5.74) is 2.32. The van der Waals surface area contributed by atoms with Crippen molar-refractivity contribution in [1.82, 2.24) is 14.7 Å². The molecule has 6 heteroatoms. The lowest BCUT2D eigenvalue weighted by molar-refractivity contribution is -0.133. The minimum Gasteiger partial charge on any atom is -0.452 e. The summed E-state index contributed by atoms with van der Waals surface area (Å²) in [5.74, 6) is -0.737. The number of nitrogens with zero attached hydrogens (tertiary/aromatic N) is 3. The Balaban J connectivity index is 1.88. The van der Waals surface area contributed by atoms with Crippen LogP contribution in [0.3, 0.4) is 0 Å². The molecule has 0 N–H and O–H groups in total. The second-order valence-electron chi connectivity index (χ2n) is 5.84. The van der Waals surface area contributed by atoms with E-state index in [-0.39, 0.29) is 12.5 Å². The van der Waals surface area contributed by atoms with Crippen LogP contribution >= 0.6 is 0 Å². The van der Waals surface area contributed by atoms with Crippen LogP contribution in [-0.4, -0.2) is 46.3 Å². The molecule has 1 aromatic heterocycles. The first kappa shape index (κ1) is 18.4. The molecule has 0 aliphatic carbocycles. The molecule has 0 radical (unpaired) electrons. The second-order valence-corrected chi connectivity index (χ2v) is 5.84. The summed E-state index contributed by atoms with van der Waals surface area (Å²) in [4.78, 5) is 25.8. The van der Waals surface area contributed by atoms with E-state index in [9.17, 15) is 9.59 Å². The number of benzene rings is 1. The van der Waals surface area contributed by atoms with E-state index in [0.717, 1.165) is 11.1 Å². The van der Waals surface area contributed by atoms with E-state index in [0.29, 0.717) is 25.2 Å². The van der Waals surface area contributed by atoms with E-state index in [1.165, 1.54) is 0 Å². The molecule has 1 heterocycles. The molecule has 1 aromatic carbocycles. The van der Waals surface area contributed by atoms with Gasteiger partial charge in [-0.2, -0.15) is 5.10 Å². The van der Waals surface area contributed by atoms with Gasteiger partial charge in [0.25, 0.3) is 5.91 Å². The Morgan fingerprint density at radius 1 is 1.28 bits per heavy atom. The highest BCUT2D eigenvalue weighted by Crippen LogP contribution is 2.08. The van der Waals surface area contributed by atoms with Crippen molar-refractivity contribution in [2.75, 3.05) is 19.7 Å². The quantitative estimate of drug-likeness (QED) is 0.547. The second kappa shape index (κ2) is 8.82.